The lowest BCUT2D eigenvalue weighted by Crippen LogP contribution is -2.23. The fourth-order valence-corrected chi connectivity index (χ4v) is 2.55. The number of carbonyl (C=O) groups excluding carboxylic acids is 2. The number of Topliss-reactive ketones (excluding diaryl/α,β-unsaturated/α-hetero) is 1. The van der Waals surface area contributed by atoms with E-state index in [4.69, 9.17) is 0 Å². The minimum atomic E-state index is -0.101. The fourth-order valence-electron chi connectivity index (χ4n) is 2.55. The van der Waals surface area contributed by atoms with Crippen molar-refractivity contribution < 1.29 is 9.59 Å². The third-order valence-corrected chi connectivity index (χ3v) is 3.69. The predicted octanol–water partition coefficient (Wildman–Crippen LogP) is 2.83. The molecule has 1 N–H and O–H groups in total. The molecule has 1 aliphatic rings. The van der Waals surface area contributed by atoms with Crippen LogP contribution >= 0.6 is 0 Å². The Bertz CT molecular complexity index is 520. The van der Waals surface area contributed by atoms with Gasteiger partial charge in [-0.25, -0.2) is 0 Å². The van der Waals surface area contributed by atoms with Crippen molar-refractivity contribution in [3.05, 3.63) is 47.5 Å². The molecule has 0 spiro atoms. The number of amides is 1. The second-order valence-corrected chi connectivity index (χ2v) is 5.21. The van der Waals surface area contributed by atoms with E-state index in [0.717, 1.165) is 18.4 Å². The van der Waals surface area contributed by atoms with Gasteiger partial charge in [0.1, 0.15) is 0 Å². The zero-order chi connectivity index (χ0) is 14.4. The molecule has 106 valence electrons. The van der Waals surface area contributed by atoms with E-state index in [1.54, 1.807) is 6.08 Å². The van der Waals surface area contributed by atoms with Crippen molar-refractivity contribution in [2.24, 2.45) is 0 Å². The molecule has 0 fully saturated rings. The highest BCUT2D eigenvalue weighted by atomic mass is 16.2. The molecule has 0 aromatic heterocycles. The summed E-state index contributed by atoms with van der Waals surface area (Å²) in [5.41, 5.74) is 3.41. The Morgan fingerprint density at radius 2 is 1.90 bits per heavy atom. The van der Waals surface area contributed by atoms with Gasteiger partial charge in [-0.1, -0.05) is 18.2 Å². The fraction of sp³-hybridized carbons (Fsp3) is 0.412. The molecular weight excluding hydrogens is 250 g/mol. The first-order valence-corrected chi connectivity index (χ1v) is 7.23. The zero-order valence-corrected chi connectivity index (χ0v) is 11.8. The Labute approximate surface area is 120 Å². The minimum absolute atomic E-state index is 0.0483. The van der Waals surface area contributed by atoms with E-state index in [2.05, 4.69) is 18.0 Å². The van der Waals surface area contributed by atoms with E-state index in [1.165, 1.54) is 24.0 Å². The molecular formula is C17H21NO2. The average molecular weight is 271 g/mol. The Hall–Kier alpha value is -1.90. The summed E-state index contributed by atoms with van der Waals surface area (Å²) in [6.07, 6.45) is 6.76. The summed E-state index contributed by atoms with van der Waals surface area (Å²) in [6.45, 7) is 3.98. The number of fused-ring (bicyclic) bond motifs is 1. The van der Waals surface area contributed by atoms with Gasteiger partial charge in [0.25, 0.3) is 0 Å². The molecule has 0 unspecified atom stereocenters. The Balaban J connectivity index is 1.92. The summed E-state index contributed by atoms with van der Waals surface area (Å²) < 4.78 is 0. The topological polar surface area (TPSA) is 46.2 Å². The summed E-state index contributed by atoms with van der Waals surface area (Å²) in [4.78, 5) is 23.6. The molecule has 1 aliphatic carbocycles. The molecule has 0 bridgehead atoms. The van der Waals surface area contributed by atoms with Crippen LogP contribution in [0.5, 0.6) is 0 Å². The minimum Gasteiger partial charge on any atom is -0.353 e. The first-order valence-electron chi connectivity index (χ1n) is 7.23. The third kappa shape index (κ3) is 3.80. The largest absolute Gasteiger partial charge is 0.353 e. The van der Waals surface area contributed by atoms with E-state index in [-0.39, 0.29) is 24.5 Å². The average Bonchev–Trinajstić information content (AvgIpc) is 2.50. The molecule has 3 heteroatoms. The molecule has 0 saturated carbocycles. The normalized spacial score (nSPS) is 13.4. The van der Waals surface area contributed by atoms with Crippen molar-refractivity contribution in [3.63, 3.8) is 0 Å². The van der Waals surface area contributed by atoms with Gasteiger partial charge in [-0.2, -0.15) is 0 Å². The molecule has 3 nitrogen and oxygen atoms in total. The van der Waals surface area contributed by atoms with Gasteiger partial charge < -0.3 is 5.32 Å². The number of carbonyl (C=O) groups is 2. The Morgan fingerprint density at radius 1 is 1.15 bits per heavy atom. The van der Waals surface area contributed by atoms with Gasteiger partial charge >= 0.3 is 0 Å². The van der Waals surface area contributed by atoms with Crippen LogP contribution in [0.1, 0.15) is 47.2 Å². The molecule has 1 amide bonds. The Kier molecular flexibility index (Phi) is 5.10. The number of hydrogen-bond donors (Lipinski definition) is 1. The van der Waals surface area contributed by atoms with Crippen molar-refractivity contribution in [1.29, 1.82) is 0 Å². The van der Waals surface area contributed by atoms with Crippen molar-refractivity contribution in [1.82, 2.24) is 5.32 Å². The molecule has 0 heterocycles. The van der Waals surface area contributed by atoms with Crippen molar-refractivity contribution in [3.8, 4) is 0 Å². The molecule has 1 aromatic carbocycles. The van der Waals surface area contributed by atoms with Gasteiger partial charge in [0, 0.05) is 24.9 Å². The van der Waals surface area contributed by atoms with Crippen LogP contribution in [0.2, 0.25) is 0 Å². The molecule has 0 aliphatic heterocycles. The van der Waals surface area contributed by atoms with E-state index in [0.29, 0.717) is 6.54 Å². The lowest BCUT2D eigenvalue weighted by Gasteiger charge is -2.16. The van der Waals surface area contributed by atoms with Crippen LogP contribution in [0, 0.1) is 0 Å². The van der Waals surface area contributed by atoms with Gasteiger partial charge in [-0.15, -0.1) is 6.58 Å². The number of rotatable bonds is 6. The zero-order valence-electron chi connectivity index (χ0n) is 11.8. The molecule has 0 saturated heterocycles. The smallest absolute Gasteiger partial charge is 0.220 e. The van der Waals surface area contributed by atoms with Crippen molar-refractivity contribution in [2.75, 3.05) is 6.54 Å². The van der Waals surface area contributed by atoms with Crippen LogP contribution in [-0.2, 0) is 17.6 Å². The van der Waals surface area contributed by atoms with Crippen LogP contribution in [0.3, 0.4) is 0 Å². The lowest BCUT2D eigenvalue weighted by atomic mass is 9.89. The van der Waals surface area contributed by atoms with Crippen LogP contribution in [0.15, 0.2) is 30.9 Å². The summed E-state index contributed by atoms with van der Waals surface area (Å²) in [5, 5.41) is 2.68. The van der Waals surface area contributed by atoms with E-state index in [1.807, 2.05) is 12.1 Å². The maximum absolute atomic E-state index is 12.1. The monoisotopic (exact) mass is 271 g/mol. The quantitative estimate of drug-likeness (QED) is 0.639. The van der Waals surface area contributed by atoms with E-state index < -0.39 is 0 Å². The molecule has 0 atom stereocenters. The molecule has 0 radical (unpaired) electrons. The maximum atomic E-state index is 12.1. The highest BCUT2D eigenvalue weighted by molar-refractivity contribution is 5.98. The van der Waals surface area contributed by atoms with Gasteiger partial charge in [-0.05, 0) is 42.9 Å². The van der Waals surface area contributed by atoms with Gasteiger partial charge in [-0.3, -0.25) is 9.59 Å². The summed E-state index contributed by atoms with van der Waals surface area (Å²) in [6, 6.07) is 5.98. The predicted molar refractivity (Wildman–Crippen MR) is 79.9 cm³/mol. The van der Waals surface area contributed by atoms with Gasteiger partial charge in [0.15, 0.2) is 5.78 Å². The first-order chi connectivity index (χ1) is 9.70. The number of benzene rings is 1. The maximum Gasteiger partial charge on any atom is 0.220 e. The van der Waals surface area contributed by atoms with Crippen LogP contribution in [-0.4, -0.2) is 18.2 Å². The van der Waals surface area contributed by atoms with Gasteiger partial charge in [0.2, 0.25) is 5.91 Å². The number of aryl methyl sites for hydroxylation is 2. The summed E-state index contributed by atoms with van der Waals surface area (Å²) >= 11 is 0. The molecule has 1 aromatic rings. The van der Waals surface area contributed by atoms with Crippen LogP contribution in [0.4, 0.5) is 0 Å². The third-order valence-electron chi connectivity index (χ3n) is 3.69. The van der Waals surface area contributed by atoms with Crippen molar-refractivity contribution in [2.45, 2.75) is 38.5 Å². The lowest BCUT2D eigenvalue weighted by molar-refractivity contribution is -0.120. The number of nitrogens with one attached hydrogen (secondary N) is 1. The van der Waals surface area contributed by atoms with Crippen LogP contribution in [0.25, 0.3) is 0 Å². The molecule has 20 heavy (non-hydrogen) atoms. The SMILES string of the molecule is C=CCNC(=O)CCC(=O)c1ccc2c(c1)CCCC2. The highest BCUT2D eigenvalue weighted by Crippen LogP contribution is 2.22. The second-order valence-electron chi connectivity index (χ2n) is 5.21. The number of hydrogen-bond acceptors (Lipinski definition) is 2. The Morgan fingerprint density at radius 3 is 2.65 bits per heavy atom. The highest BCUT2D eigenvalue weighted by Gasteiger charge is 2.13. The van der Waals surface area contributed by atoms with E-state index in [9.17, 15) is 9.59 Å². The number of ketones is 1. The van der Waals surface area contributed by atoms with Gasteiger partial charge in [0.05, 0.1) is 0 Å². The standard InChI is InChI=1S/C17H21NO2/c1-2-11-18-17(20)10-9-16(19)15-8-7-13-5-3-4-6-14(13)12-15/h2,7-8,12H,1,3-6,9-11H2,(H,18,20). The van der Waals surface area contributed by atoms with E-state index >= 15 is 0 Å². The summed E-state index contributed by atoms with van der Waals surface area (Å²) in [5.74, 6) is -0.0525. The second kappa shape index (κ2) is 7.04. The first kappa shape index (κ1) is 14.5. The van der Waals surface area contributed by atoms with Crippen LogP contribution < -0.4 is 5.32 Å². The van der Waals surface area contributed by atoms with Crippen molar-refractivity contribution >= 4 is 11.7 Å². The molecule has 2 rings (SSSR count). The summed E-state index contributed by atoms with van der Waals surface area (Å²) in [7, 11) is 0.